The number of hydrogen-bond acceptors (Lipinski definition) is 6. The fourth-order valence-corrected chi connectivity index (χ4v) is 2.08. The average Bonchev–Trinajstić information content (AvgIpc) is 2.53. The number of carbonyl (C=O) groups is 5. The van der Waals surface area contributed by atoms with Gasteiger partial charge >= 0.3 is 5.97 Å². The topological polar surface area (TPSA) is 208 Å². The van der Waals surface area contributed by atoms with Crippen LogP contribution in [-0.4, -0.2) is 52.8 Å². The molecule has 0 heterocycles. The van der Waals surface area contributed by atoms with Crippen LogP contribution in [0, 0.1) is 5.92 Å². The van der Waals surface area contributed by atoms with Gasteiger partial charge < -0.3 is 32.9 Å². The van der Waals surface area contributed by atoms with Crippen LogP contribution in [0.5, 0.6) is 0 Å². The molecule has 0 unspecified atom stereocenters. The molecular weight excluding hydrogens is 346 g/mol. The van der Waals surface area contributed by atoms with Crippen molar-refractivity contribution in [2.45, 2.75) is 57.7 Å². The summed E-state index contributed by atoms with van der Waals surface area (Å²) in [4.78, 5) is 57.4. The van der Waals surface area contributed by atoms with Gasteiger partial charge in [0.05, 0.1) is 12.5 Å². The van der Waals surface area contributed by atoms with Gasteiger partial charge in [-0.05, 0) is 12.3 Å². The second-order valence-electron chi connectivity index (χ2n) is 6.05. The average molecular weight is 373 g/mol. The molecule has 4 amide bonds. The SMILES string of the molecule is CC[C@H](C)[C@H](NC(=O)[C@@H](N)CC(N)=O)C(=O)N[C@@H](CCC(N)=O)C(=O)O. The number of hydrogen-bond donors (Lipinski definition) is 6. The monoisotopic (exact) mass is 373 g/mol. The number of carboxylic acid groups (broad SMARTS) is 1. The standard InChI is InChI=1S/C15H27N5O6/c1-3-7(2)12(20-13(23)8(16)6-11(18)22)14(24)19-9(15(25)26)4-5-10(17)21/h7-9,12H,3-6,16H2,1-2H3,(H2,17,21)(H2,18,22)(H,19,24)(H,20,23)(H,25,26)/t7-,8-,9-,12-/m0/s1. The minimum Gasteiger partial charge on any atom is -0.480 e. The van der Waals surface area contributed by atoms with Crippen molar-refractivity contribution in [3.8, 4) is 0 Å². The molecular formula is C15H27N5O6. The second kappa shape index (κ2) is 11.0. The first kappa shape index (κ1) is 23.3. The molecule has 11 heteroatoms. The molecule has 148 valence electrons. The third-order valence-corrected chi connectivity index (χ3v) is 3.85. The summed E-state index contributed by atoms with van der Waals surface area (Å²) in [5, 5.41) is 13.8. The van der Waals surface area contributed by atoms with E-state index in [1.807, 2.05) is 0 Å². The highest BCUT2D eigenvalue weighted by atomic mass is 16.4. The van der Waals surface area contributed by atoms with Gasteiger partial charge in [-0.2, -0.15) is 0 Å². The lowest BCUT2D eigenvalue weighted by Gasteiger charge is -2.26. The Morgan fingerprint density at radius 2 is 1.58 bits per heavy atom. The Labute approximate surface area is 151 Å². The summed E-state index contributed by atoms with van der Waals surface area (Å²) in [5.74, 6) is -4.64. The van der Waals surface area contributed by atoms with Gasteiger partial charge in [-0.1, -0.05) is 20.3 Å². The van der Waals surface area contributed by atoms with Crippen molar-refractivity contribution in [3.05, 3.63) is 0 Å². The highest BCUT2D eigenvalue weighted by Crippen LogP contribution is 2.10. The summed E-state index contributed by atoms with van der Waals surface area (Å²) in [5.41, 5.74) is 15.5. The molecule has 0 aliphatic heterocycles. The van der Waals surface area contributed by atoms with Crippen molar-refractivity contribution in [1.29, 1.82) is 0 Å². The van der Waals surface area contributed by atoms with E-state index in [9.17, 15) is 24.0 Å². The third-order valence-electron chi connectivity index (χ3n) is 3.85. The van der Waals surface area contributed by atoms with Crippen molar-refractivity contribution in [3.63, 3.8) is 0 Å². The normalized spacial score (nSPS) is 15.2. The van der Waals surface area contributed by atoms with Gasteiger partial charge in [0, 0.05) is 6.42 Å². The largest absolute Gasteiger partial charge is 0.480 e. The first-order valence-corrected chi connectivity index (χ1v) is 8.15. The summed E-state index contributed by atoms with van der Waals surface area (Å²) >= 11 is 0. The van der Waals surface area contributed by atoms with Gasteiger partial charge in [-0.25, -0.2) is 4.79 Å². The van der Waals surface area contributed by atoms with Crippen LogP contribution in [0.25, 0.3) is 0 Å². The fraction of sp³-hybridized carbons (Fsp3) is 0.667. The van der Waals surface area contributed by atoms with Crippen LogP contribution in [0.3, 0.4) is 0 Å². The molecule has 4 atom stereocenters. The summed E-state index contributed by atoms with van der Waals surface area (Å²) in [6, 6.07) is -3.63. The molecule has 0 rings (SSSR count). The van der Waals surface area contributed by atoms with Gasteiger partial charge in [0.1, 0.15) is 12.1 Å². The van der Waals surface area contributed by atoms with Crippen molar-refractivity contribution in [2.75, 3.05) is 0 Å². The molecule has 9 N–H and O–H groups in total. The van der Waals surface area contributed by atoms with Gasteiger partial charge in [-0.15, -0.1) is 0 Å². The van der Waals surface area contributed by atoms with Crippen molar-refractivity contribution < 1.29 is 29.1 Å². The van der Waals surface area contributed by atoms with Gasteiger partial charge in [0.25, 0.3) is 0 Å². The van der Waals surface area contributed by atoms with Crippen LogP contribution >= 0.6 is 0 Å². The van der Waals surface area contributed by atoms with Gasteiger partial charge in [-0.3, -0.25) is 19.2 Å². The first-order chi connectivity index (χ1) is 12.0. The maximum Gasteiger partial charge on any atom is 0.326 e. The van der Waals surface area contributed by atoms with Crippen LogP contribution in [-0.2, 0) is 24.0 Å². The molecule has 0 fully saturated rings. The Kier molecular flexibility index (Phi) is 9.89. The van der Waals surface area contributed by atoms with Crippen molar-refractivity contribution >= 4 is 29.6 Å². The van der Waals surface area contributed by atoms with Crippen LogP contribution < -0.4 is 27.8 Å². The Balaban J connectivity index is 5.12. The molecule has 0 aliphatic rings. The van der Waals surface area contributed by atoms with E-state index in [1.54, 1.807) is 13.8 Å². The second-order valence-corrected chi connectivity index (χ2v) is 6.05. The lowest BCUT2D eigenvalue weighted by molar-refractivity contribution is -0.143. The molecule has 11 nitrogen and oxygen atoms in total. The number of carboxylic acids is 1. The number of nitrogens with two attached hydrogens (primary N) is 3. The molecule has 0 bridgehead atoms. The highest BCUT2D eigenvalue weighted by molar-refractivity contribution is 5.93. The van der Waals surface area contributed by atoms with Crippen LogP contribution in [0.15, 0.2) is 0 Å². The minimum absolute atomic E-state index is 0.182. The first-order valence-electron chi connectivity index (χ1n) is 8.15. The predicted molar refractivity (Wildman–Crippen MR) is 91.2 cm³/mol. The number of primary amides is 2. The number of nitrogens with one attached hydrogen (secondary N) is 2. The zero-order valence-electron chi connectivity index (χ0n) is 14.9. The van der Waals surface area contributed by atoms with E-state index in [4.69, 9.17) is 22.3 Å². The van der Waals surface area contributed by atoms with Crippen LogP contribution in [0.1, 0.15) is 39.5 Å². The zero-order chi connectivity index (χ0) is 20.4. The smallest absolute Gasteiger partial charge is 0.326 e. The van der Waals surface area contributed by atoms with Crippen molar-refractivity contribution in [1.82, 2.24) is 10.6 Å². The summed E-state index contributed by atoms with van der Waals surface area (Å²) in [7, 11) is 0. The van der Waals surface area contributed by atoms with E-state index in [0.717, 1.165) is 0 Å². The molecule has 26 heavy (non-hydrogen) atoms. The summed E-state index contributed by atoms with van der Waals surface area (Å²) in [6.07, 6.45) is -0.292. The maximum atomic E-state index is 12.4. The van der Waals surface area contributed by atoms with Crippen LogP contribution in [0.2, 0.25) is 0 Å². The van der Waals surface area contributed by atoms with Gasteiger partial charge in [0.2, 0.25) is 23.6 Å². The zero-order valence-corrected chi connectivity index (χ0v) is 14.9. The van der Waals surface area contributed by atoms with E-state index in [0.29, 0.717) is 6.42 Å². The molecule has 0 aromatic heterocycles. The Hall–Kier alpha value is -2.69. The van der Waals surface area contributed by atoms with Crippen LogP contribution in [0.4, 0.5) is 0 Å². The van der Waals surface area contributed by atoms with Gasteiger partial charge in [0.15, 0.2) is 0 Å². The molecule has 0 saturated heterocycles. The fourth-order valence-electron chi connectivity index (χ4n) is 2.08. The Morgan fingerprint density at radius 3 is 2.00 bits per heavy atom. The summed E-state index contributed by atoms with van der Waals surface area (Å²) < 4.78 is 0. The highest BCUT2D eigenvalue weighted by Gasteiger charge is 2.31. The molecule has 0 aromatic carbocycles. The number of carbonyl (C=O) groups excluding carboxylic acids is 4. The lowest BCUT2D eigenvalue weighted by atomic mass is 9.97. The van der Waals surface area contributed by atoms with E-state index < -0.39 is 54.1 Å². The molecule has 0 radical (unpaired) electrons. The molecule has 0 aliphatic carbocycles. The Morgan fingerprint density at radius 1 is 1.00 bits per heavy atom. The lowest BCUT2D eigenvalue weighted by Crippen LogP contribution is -2.57. The minimum atomic E-state index is -1.34. The predicted octanol–water partition coefficient (Wildman–Crippen LogP) is -2.45. The molecule has 0 aromatic rings. The molecule has 0 saturated carbocycles. The number of amides is 4. The van der Waals surface area contributed by atoms with Crippen molar-refractivity contribution in [2.24, 2.45) is 23.1 Å². The van der Waals surface area contributed by atoms with E-state index in [2.05, 4.69) is 10.6 Å². The summed E-state index contributed by atoms with van der Waals surface area (Å²) in [6.45, 7) is 3.46. The van der Waals surface area contributed by atoms with E-state index in [-0.39, 0.29) is 18.8 Å². The van der Waals surface area contributed by atoms with E-state index in [1.165, 1.54) is 0 Å². The van der Waals surface area contributed by atoms with E-state index >= 15 is 0 Å². The quantitative estimate of drug-likeness (QED) is 0.217. The Bertz CT molecular complexity index is 553. The number of rotatable bonds is 12. The number of aliphatic carboxylic acids is 1. The maximum absolute atomic E-state index is 12.4. The third kappa shape index (κ3) is 8.42. The molecule has 0 spiro atoms.